The number of Topliss-reactive ketones (excluding diaryl/α,β-unsaturated/α-hetero) is 3. The third kappa shape index (κ3) is 11.4. The highest BCUT2D eigenvalue weighted by atomic mass is 16.7. The second-order valence-corrected chi connectivity index (χ2v) is 17.9. The molecule has 0 aromatic rings. The Bertz CT molecular complexity index is 1470. The Balaban J connectivity index is 2.02. The fourth-order valence-corrected chi connectivity index (χ4v) is 8.91. The summed E-state index contributed by atoms with van der Waals surface area (Å²) in [5.41, 5.74) is -2.21. The molecule has 3 aliphatic rings. The van der Waals surface area contributed by atoms with Crippen molar-refractivity contribution in [2.45, 2.75) is 169 Å². The van der Waals surface area contributed by atoms with Crippen LogP contribution in [0.3, 0.4) is 0 Å². The Morgan fingerprint density at radius 1 is 0.842 bits per heavy atom. The lowest BCUT2D eigenvalue weighted by atomic mass is 9.74. The molecule has 2 fully saturated rings. The van der Waals surface area contributed by atoms with Crippen molar-refractivity contribution in [3.05, 3.63) is 36.5 Å². The molecule has 0 aromatic carbocycles. The van der Waals surface area contributed by atoms with Gasteiger partial charge in [0.05, 0.1) is 42.5 Å². The highest BCUT2D eigenvalue weighted by Gasteiger charge is 2.61. The largest absolute Gasteiger partial charge is 0.458 e. The molecule has 3 aliphatic heterocycles. The van der Waals surface area contributed by atoms with E-state index < -0.39 is 107 Å². The lowest BCUT2D eigenvalue weighted by Crippen LogP contribution is -2.66. The normalized spacial score (nSPS) is 45.6. The minimum atomic E-state index is -2.21. The number of fused-ring (bicyclic) bond motifs is 2. The first-order chi connectivity index (χ1) is 26.5. The van der Waals surface area contributed by atoms with Gasteiger partial charge in [0.2, 0.25) is 5.79 Å². The van der Waals surface area contributed by atoms with Crippen molar-refractivity contribution in [3.63, 3.8) is 0 Å². The molecule has 12 heteroatoms. The van der Waals surface area contributed by atoms with E-state index in [9.17, 15) is 44.7 Å². The quantitative estimate of drug-likeness (QED) is 0.238. The van der Waals surface area contributed by atoms with Gasteiger partial charge >= 0.3 is 5.97 Å². The van der Waals surface area contributed by atoms with Gasteiger partial charge in [0, 0.05) is 42.1 Å². The molecule has 12 nitrogen and oxygen atoms in total. The summed E-state index contributed by atoms with van der Waals surface area (Å²) in [5.74, 6) is -9.55. The van der Waals surface area contributed by atoms with E-state index in [1.54, 1.807) is 27.7 Å². The molecule has 0 aliphatic carbocycles. The van der Waals surface area contributed by atoms with E-state index in [0.29, 0.717) is 25.7 Å². The fraction of sp³-hybridized carbons (Fsp3) is 0.778. The molecule has 324 valence electrons. The predicted molar refractivity (Wildman–Crippen MR) is 215 cm³/mol. The third-order valence-electron chi connectivity index (χ3n) is 13.2. The molecule has 0 amide bonds. The Morgan fingerprint density at radius 3 is 2.09 bits per heavy atom. The zero-order valence-electron chi connectivity index (χ0n) is 36.0. The number of hydrogen-bond donors (Lipinski definition) is 5. The average molecular weight is 805 g/mol. The van der Waals surface area contributed by atoms with Gasteiger partial charge in [0.25, 0.3) is 0 Å². The van der Waals surface area contributed by atoms with Crippen LogP contribution in [0.1, 0.15) is 115 Å². The van der Waals surface area contributed by atoms with Crippen LogP contribution >= 0.6 is 0 Å². The second-order valence-electron chi connectivity index (χ2n) is 17.9. The molecular weight excluding hydrogens is 732 g/mol. The summed E-state index contributed by atoms with van der Waals surface area (Å²) in [6.45, 7) is 18.3. The number of rotatable bonds is 3. The minimum Gasteiger partial charge on any atom is -0.458 e. The van der Waals surface area contributed by atoms with Crippen molar-refractivity contribution >= 4 is 23.3 Å². The van der Waals surface area contributed by atoms with E-state index in [-0.39, 0.29) is 30.0 Å². The number of ether oxygens (including phenoxy) is 3. The fourth-order valence-electron chi connectivity index (χ4n) is 8.91. The van der Waals surface area contributed by atoms with Crippen LogP contribution in [0.2, 0.25) is 0 Å². The number of hydrogen-bond acceptors (Lipinski definition) is 12. The van der Waals surface area contributed by atoms with Gasteiger partial charge < -0.3 is 39.7 Å². The molecular formula is C45H72O12. The van der Waals surface area contributed by atoms with Gasteiger partial charge in [-0.05, 0) is 63.7 Å². The Hall–Kier alpha value is -2.58. The van der Waals surface area contributed by atoms with E-state index in [2.05, 4.69) is 13.0 Å². The maximum Gasteiger partial charge on any atom is 0.330 e. The first-order valence-electron chi connectivity index (χ1n) is 21.1. The number of carbonyl (C=O) groups excluding carboxylic acids is 4. The van der Waals surface area contributed by atoms with Crippen molar-refractivity contribution in [1.29, 1.82) is 0 Å². The van der Waals surface area contributed by atoms with Crippen LogP contribution in [0, 0.1) is 53.3 Å². The number of aliphatic hydroxyl groups excluding tert-OH is 4. The number of esters is 1. The lowest BCUT2D eigenvalue weighted by molar-refractivity contribution is -0.344. The van der Waals surface area contributed by atoms with Gasteiger partial charge in [0.15, 0.2) is 11.6 Å². The number of ketones is 3. The van der Waals surface area contributed by atoms with Crippen LogP contribution in [0.25, 0.3) is 0 Å². The topological polar surface area (TPSA) is 197 Å². The summed E-state index contributed by atoms with van der Waals surface area (Å²) in [4.78, 5) is 54.5. The summed E-state index contributed by atoms with van der Waals surface area (Å²) in [6.07, 6.45) is 6.53. The van der Waals surface area contributed by atoms with Crippen molar-refractivity contribution in [2.24, 2.45) is 53.3 Å². The lowest BCUT2D eigenvalue weighted by Gasteiger charge is -2.54. The molecule has 0 aromatic heterocycles. The molecule has 2 saturated heterocycles. The minimum absolute atomic E-state index is 0.132. The summed E-state index contributed by atoms with van der Waals surface area (Å²) in [5, 5.41) is 55.0. The van der Waals surface area contributed by atoms with E-state index in [1.807, 2.05) is 32.1 Å². The van der Waals surface area contributed by atoms with E-state index in [1.165, 1.54) is 39.8 Å². The van der Waals surface area contributed by atoms with Gasteiger partial charge in [-0.2, -0.15) is 0 Å². The smallest absolute Gasteiger partial charge is 0.330 e. The van der Waals surface area contributed by atoms with Crippen molar-refractivity contribution in [3.8, 4) is 0 Å². The maximum atomic E-state index is 14.0. The maximum absolute atomic E-state index is 14.0. The first-order valence-corrected chi connectivity index (χ1v) is 21.1. The van der Waals surface area contributed by atoms with Gasteiger partial charge in [-0.1, -0.05) is 92.7 Å². The van der Waals surface area contributed by atoms with Crippen LogP contribution in [-0.2, 0) is 33.4 Å². The van der Waals surface area contributed by atoms with Gasteiger partial charge in [-0.3, -0.25) is 14.4 Å². The Morgan fingerprint density at radius 2 is 1.47 bits per heavy atom. The highest BCUT2D eigenvalue weighted by molar-refractivity contribution is 5.91. The molecule has 5 N–H and O–H groups in total. The standard InChI is InChI=1S/C45H72O12/c1-12-33-17-15-13-14-16-25(3)42(52)44(11,54)43(53)31(9)40(51)30(8)39(50)29(7)38(49)24(2)18-21-37(48)55-41-28(6)34(20-19-33)56-45(32(41)10)36(47)22-26(4)35(57-45)23-27(5)46/h13-15,17-18,21,24-35,38,40-42,46,49,51-52,54H,12,16,19-20,22-23H2,1-11H3/b14-13+,17-15?,21-18+/t24-,25+,26-,27+,28+,29-,30-,31-,32-,33-,34-,35-,38+,40?,41+,42?,44+,45+/m1/s1. The SMILES string of the molecule is CC[C@@H]1C=C/C=C/C[C@H](C)C(O)[C@](C)(O)C(=O)[C@H](C)C(O)[C@H](C)C(=O)[C@H](C)[C@@H](O)[C@H](C)/C=C/C(=O)O[C@H]2[C@@H](C)[C@@H](CC1)O[C@]1(O[C@H](C[C@H](C)O)[C@H](C)CC1=O)[C@@H]2C. The van der Waals surface area contributed by atoms with Gasteiger partial charge in [0.1, 0.15) is 17.5 Å². The predicted octanol–water partition coefficient (Wildman–Crippen LogP) is 5.06. The molecule has 57 heavy (non-hydrogen) atoms. The molecule has 2 unspecified atom stereocenters. The van der Waals surface area contributed by atoms with Gasteiger partial charge in [-0.25, -0.2) is 4.79 Å². The molecule has 2 bridgehead atoms. The monoisotopic (exact) mass is 805 g/mol. The second kappa shape index (κ2) is 20.6. The first kappa shape index (κ1) is 48.8. The zero-order valence-corrected chi connectivity index (χ0v) is 36.0. The summed E-state index contributed by atoms with van der Waals surface area (Å²) >= 11 is 0. The Labute approximate surface area is 340 Å². The van der Waals surface area contributed by atoms with E-state index in [0.717, 1.165) is 6.42 Å². The van der Waals surface area contributed by atoms with Crippen molar-refractivity contribution in [2.75, 3.05) is 0 Å². The van der Waals surface area contributed by atoms with Crippen molar-refractivity contribution in [1.82, 2.24) is 0 Å². The zero-order chi connectivity index (χ0) is 43.2. The van der Waals surface area contributed by atoms with E-state index in [4.69, 9.17) is 14.2 Å². The third-order valence-corrected chi connectivity index (χ3v) is 13.2. The Kier molecular flexibility index (Phi) is 17.6. The summed E-state index contributed by atoms with van der Waals surface area (Å²) < 4.78 is 19.4. The van der Waals surface area contributed by atoms with Crippen molar-refractivity contribution < 1.29 is 58.9 Å². The molecule has 0 saturated carbocycles. The van der Waals surface area contributed by atoms with E-state index >= 15 is 0 Å². The number of carbonyl (C=O) groups is 4. The summed E-state index contributed by atoms with van der Waals surface area (Å²) in [7, 11) is 0. The highest BCUT2D eigenvalue weighted by Crippen LogP contribution is 2.47. The molecule has 3 rings (SSSR count). The molecule has 18 atom stereocenters. The van der Waals surface area contributed by atoms with Crippen LogP contribution in [0.4, 0.5) is 0 Å². The summed E-state index contributed by atoms with van der Waals surface area (Å²) in [6, 6.07) is 0. The molecule has 0 radical (unpaired) electrons. The van der Waals surface area contributed by atoms with Crippen LogP contribution in [-0.4, -0.2) is 103 Å². The number of aliphatic hydroxyl groups is 5. The van der Waals surface area contributed by atoms with Gasteiger partial charge in [-0.15, -0.1) is 0 Å². The van der Waals surface area contributed by atoms with Crippen LogP contribution < -0.4 is 0 Å². The van der Waals surface area contributed by atoms with Crippen LogP contribution in [0.15, 0.2) is 36.5 Å². The average Bonchev–Trinajstić information content (AvgIpc) is 3.16. The van der Waals surface area contributed by atoms with Crippen LogP contribution in [0.5, 0.6) is 0 Å². The molecule has 3 heterocycles. The number of allylic oxidation sites excluding steroid dienone is 4. The molecule has 1 spiro atoms.